The lowest BCUT2D eigenvalue weighted by atomic mass is 10.2. The van der Waals surface area contributed by atoms with Gasteiger partial charge in [-0.1, -0.05) is 41.1 Å². The maximum atomic E-state index is 12.8. The van der Waals surface area contributed by atoms with Crippen LogP contribution in [0.4, 0.5) is 5.69 Å². The van der Waals surface area contributed by atoms with E-state index in [2.05, 4.69) is 15.2 Å². The van der Waals surface area contributed by atoms with Crippen LogP contribution in [0.5, 0.6) is 5.75 Å². The van der Waals surface area contributed by atoms with Gasteiger partial charge in [0, 0.05) is 31.2 Å². The van der Waals surface area contributed by atoms with Gasteiger partial charge in [0.05, 0.1) is 25.5 Å². The quantitative estimate of drug-likeness (QED) is 0.646. The number of anilines is 1. The fourth-order valence-electron chi connectivity index (χ4n) is 3.45. The Morgan fingerprint density at radius 1 is 1.07 bits per heavy atom. The average molecular weight is 412 g/mol. The van der Waals surface area contributed by atoms with E-state index in [1.165, 1.54) is 0 Å². The Balaban J connectivity index is 1.37. The molecule has 1 aliphatic rings. The molecular formula is C21H22ClN5O2. The highest BCUT2D eigenvalue weighted by Crippen LogP contribution is 2.28. The highest BCUT2D eigenvalue weighted by molar-refractivity contribution is 6.30. The summed E-state index contributed by atoms with van der Waals surface area (Å²) in [5.41, 5.74) is 2.46. The average Bonchev–Trinajstić information content (AvgIpc) is 3.23. The van der Waals surface area contributed by atoms with Crippen LogP contribution in [0.25, 0.3) is 0 Å². The normalized spacial score (nSPS) is 14.1. The largest absolute Gasteiger partial charge is 0.495 e. The number of para-hydroxylation sites is 2. The number of hydrogen-bond acceptors (Lipinski definition) is 5. The van der Waals surface area contributed by atoms with Crippen LogP contribution >= 0.6 is 11.6 Å². The van der Waals surface area contributed by atoms with E-state index in [1.807, 2.05) is 53.4 Å². The number of nitrogens with zero attached hydrogens (tertiary/aromatic N) is 5. The van der Waals surface area contributed by atoms with Crippen LogP contribution in [0, 0.1) is 0 Å². The van der Waals surface area contributed by atoms with Gasteiger partial charge in [-0.2, -0.15) is 0 Å². The summed E-state index contributed by atoms with van der Waals surface area (Å²) in [5, 5.41) is 8.86. The predicted molar refractivity (Wildman–Crippen MR) is 112 cm³/mol. The molecule has 1 saturated heterocycles. The molecule has 0 bridgehead atoms. The number of hydrogen-bond donors (Lipinski definition) is 0. The number of halogens is 1. The molecule has 7 nitrogen and oxygen atoms in total. The molecule has 1 aromatic heterocycles. The molecule has 1 fully saturated rings. The number of carbonyl (C=O) groups is 1. The van der Waals surface area contributed by atoms with Crippen LogP contribution < -0.4 is 9.64 Å². The lowest BCUT2D eigenvalue weighted by molar-refractivity contribution is 0.0740. The first kappa shape index (κ1) is 19.3. The summed E-state index contributed by atoms with van der Waals surface area (Å²) >= 11 is 5.92. The van der Waals surface area contributed by atoms with E-state index in [9.17, 15) is 4.79 Å². The first-order valence-electron chi connectivity index (χ1n) is 9.46. The molecule has 4 rings (SSSR count). The van der Waals surface area contributed by atoms with Gasteiger partial charge in [-0.15, -0.1) is 5.10 Å². The lowest BCUT2D eigenvalue weighted by Crippen LogP contribution is -2.49. The van der Waals surface area contributed by atoms with Crippen molar-refractivity contribution in [3.63, 3.8) is 0 Å². The summed E-state index contributed by atoms with van der Waals surface area (Å²) in [7, 11) is 1.67. The van der Waals surface area contributed by atoms with Crippen molar-refractivity contribution in [2.45, 2.75) is 6.54 Å². The van der Waals surface area contributed by atoms with Crippen molar-refractivity contribution >= 4 is 23.2 Å². The summed E-state index contributed by atoms with van der Waals surface area (Å²) in [6, 6.07) is 15.5. The van der Waals surface area contributed by atoms with Crippen molar-refractivity contribution in [3.05, 3.63) is 71.0 Å². The summed E-state index contributed by atoms with van der Waals surface area (Å²) in [5.74, 6) is 0.754. The monoisotopic (exact) mass is 411 g/mol. The molecule has 1 amide bonds. The minimum atomic E-state index is -0.0907. The number of methoxy groups -OCH3 is 1. The Labute approximate surface area is 174 Å². The van der Waals surface area contributed by atoms with E-state index in [0.717, 1.165) is 30.1 Å². The van der Waals surface area contributed by atoms with Crippen LogP contribution in [0.2, 0.25) is 5.02 Å². The zero-order chi connectivity index (χ0) is 20.2. The van der Waals surface area contributed by atoms with Gasteiger partial charge in [-0.3, -0.25) is 4.79 Å². The van der Waals surface area contributed by atoms with Gasteiger partial charge < -0.3 is 14.5 Å². The second-order valence-electron chi connectivity index (χ2n) is 6.88. The van der Waals surface area contributed by atoms with E-state index in [0.29, 0.717) is 30.4 Å². The van der Waals surface area contributed by atoms with Crippen molar-refractivity contribution in [3.8, 4) is 5.75 Å². The molecule has 1 aliphatic heterocycles. The smallest absolute Gasteiger partial charge is 0.276 e. The SMILES string of the molecule is COc1ccccc1N1CCN(C(=O)c2cn(Cc3ccc(Cl)cc3)nn2)CC1. The van der Waals surface area contributed by atoms with Crippen LogP contribution in [0.3, 0.4) is 0 Å². The van der Waals surface area contributed by atoms with Crippen molar-refractivity contribution in [1.29, 1.82) is 0 Å². The standard InChI is InChI=1S/C21H22ClN5O2/c1-29-20-5-3-2-4-19(20)25-10-12-26(13-11-25)21(28)18-15-27(24-23-18)14-16-6-8-17(22)9-7-16/h2-9,15H,10-14H2,1H3. The minimum absolute atomic E-state index is 0.0907. The second-order valence-corrected chi connectivity index (χ2v) is 7.32. The fraction of sp³-hybridized carbons (Fsp3) is 0.286. The molecule has 2 heterocycles. The van der Waals surface area contributed by atoms with E-state index in [1.54, 1.807) is 18.0 Å². The van der Waals surface area contributed by atoms with Crippen LogP contribution in [0.1, 0.15) is 16.1 Å². The second kappa shape index (κ2) is 8.53. The molecule has 0 aliphatic carbocycles. The van der Waals surface area contributed by atoms with E-state index >= 15 is 0 Å². The number of ether oxygens (including phenoxy) is 1. The summed E-state index contributed by atoms with van der Waals surface area (Å²) < 4.78 is 7.12. The van der Waals surface area contributed by atoms with Gasteiger partial charge in [0.25, 0.3) is 5.91 Å². The van der Waals surface area contributed by atoms with Crippen molar-refractivity contribution < 1.29 is 9.53 Å². The number of rotatable bonds is 5. The highest BCUT2D eigenvalue weighted by Gasteiger charge is 2.25. The number of carbonyl (C=O) groups excluding carboxylic acids is 1. The van der Waals surface area contributed by atoms with Gasteiger partial charge in [-0.25, -0.2) is 4.68 Å². The van der Waals surface area contributed by atoms with E-state index < -0.39 is 0 Å². The maximum absolute atomic E-state index is 12.8. The van der Waals surface area contributed by atoms with Crippen molar-refractivity contribution in [1.82, 2.24) is 19.9 Å². The molecular weight excluding hydrogens is 390 g/mol. The Bertz CT molecular complexity index is 981. The molecule has 29 heavy (non-hydrogen) atoms. The lowest BCUT2D eigenvalue weighted by Gasteiger charge is -2.36. The van der Waals surface area contributed by atoms with Crippen molar-refractivity contribution in [2.75, 3.05) is 38.2 Å². The zero-order valence-electron chi connectivity index (χ0n) is 16.2. The van der Waals surface area contributed by atoms with E-state index in [4.69, 9.17) is 16.3 Å². The Morgan fingerprint density at radius 2 is 1.79 bits per heavy atom. The third kappa shape index (κ3) is 4.35. The minimum Gasteiger partial charge on any atom is -0.495 e. The number of aromatic nitrogens is 3. The summed E-state index contributed by atoms with van der Waals surface area (Å²) in [6.07, 6.45) is 1.70. The van der Waals surface area contributed by atoms with Crippen LogP contribution in [-0.2, 0) is 6.54 Å². The fourth-order valence-corrected chi connectivity index (χ4v) is 3.58. The van der Waals surface area contributed by atoms with Gasteiger partial charge in [-0.05, 0) is 29.8 Å². The number of piperazine rings is 1. The highest BCUT2D eigenvalue weighted by atomic mass is 35.5. The molecule has 0 saturated carbocycles. The van der Waals surface area contributed by atoms with Crippen molar-refractivity contribution in [2.24, 2.45) is 0 Å². The summed E-state index contributed by atoms with van der Waals surface area (Å²) in [6.45, 7) is 3.27. The molecule has 0 N–H and O–H groups in total. The third-order valence-electron chi connectivity index (χ3n) is 5.01. The summed E-state index contributed by atoms with van der Waals surface area (Å²) in [4.78, 5) is 16.9. The first-order valence-corrected chi connectivity index (χ1v) is 9.83. The zero-order valence-corrected chi connectivity index (χ0v) is 16.9. The molecule has 2 aromatic carbocycles. The predicted octanol–water partition coefficient (Wildman–Crippen LogP) is 2.95. The maximum Gasteiger partial charge on any atom is 0.276 e. The molecule has 0 atom stereocenters. The Kier molecular flexibility index (Phi) is 5.67. The van der Waals surface area contributed by atoms with Gasteiger partial charge in [0.15, 0.2) is 5.69 Å². The van der Waals surface area contributed by atoms with Crippen LogP contribution in [0.15, 0.2) is 54.7 Å². The van der Waals surface area contributed by atoms with Gasteiger partial charge in [0.2, 0.25) is 0 Å². The Hall–Kier alpha value is -3.06. The van der Waals surface area contributed by atoms with Gasteiger partial charge in [0.1, 0.15) is 5.75 Å². The Morgan fingerprint density at radius 3 is 2.52 bits per heavy atom. The van der Waals surface area contributed by atoms with E-state index in [-0.39, 0.29) is 5.91 Å². The molecule has 0 radical (unpaired) electrons. The van der Waals surface area contributed by atoms with Crippen LogP contribution in [-0.4, -0.2) is 59.1 Å². The molecule has 3 aromatic rings. The molecule has 8 heteroatoms. The molecule has 150 valence electrons. The molecule has 0 spiro atoms. The topological polar surface area (TPSA) is 63.5 Å². The number of benzene rings is 2. The molecule has 0 unspecified atom stereocenters. The van der Waals surface area contributed by atoms with Gasteiger partial charge >= 0.3 is 0 Å². The number of amides is 1. The third-order valence-corrected chi connectivity index (χ3v) is 5.26. The first-order chi connectivity index (χ1) is 14.1.